The number of halogens is 2. The van der Waals surface area contributed by atoms with Crippen molar-refractivity contribution in [2.75, 3.05) is 13.2 Å². The summed E-state index contributed by atoms with van der Waals surface area (Å²) in [6.45, 7) is 7.68. The van der Waals surface area contributed by atoms with Crippen molar-refractivity contribution in [2.45, 2.75) is 19.9 Å². The highest BCUT2D eigenvalue weighted by Crippen LogP contribution is 2.32. The minimum atomic E-state index is -0.729. The van der Waals surface area contributed by atoms with Gasteiger partial charge in [-0.2, -0.15) is 0 Å². The molecule has 2 aromatic carbocycles. The van der Waals surface area contributed by atoms with Gasteiger partial charge in [0.05, 0.1) is 32.0 Å². The van der Waals surface area contributed by atoms with Gasteiger partial charge in [0, 0.05) is 10.0 Å². The summed E-state index contributed by atoms with van der Waals surface area (Å²) >= 11 is 6.67. The molecule has 10 heteroatoms. The van der Waals surface area contributed by atoms with Gasteiger partial charge in [0.15, 0.2) is 4.80 Å². The number of benzene rings is 2. The summed E-state index contributed by atoms with van der Waals surface area (Å²) in [7, 11) is 0. The van der Waals surface area contributed by atoms with Crippen molar-refractivity contribution >= 4 is 61.9 Å². The first-order chi connectivity index (χ1) is 17.2. The fourth-order valence-electron chi connectivity index (χ4n) is 3.85. The second kappa shape index (κ2) is 11.1. The molecule has 36 heavy (non-hydrogen) atoms. The predicted molar refractivity (Wildman–Crippen MR) is 151 cm³/mol. The molecular weight excluding hydrogens is 659 g/mol. The molecule has 4 rings (SSSR count). The Bertz CT molecular complexity index is 1560. The van der Waals surface area contributed by atoms with E-state index in [4.69, 9.17) is 9.47 Å². The molecule has 0 spiro atoms. The number of ether oxygens (including phenoxy) is 2. The molecule has 1 aliphatic rings. The lowest BCUT2D eigenvalue weighted by atomic mass is 9.96. The van der Waals surface area contributed by atoms with Gasteiger partial charge in [-0.3, -0.25) is 9.36 Å². The summed E-state index contributed by atoms with van der Waals surface area (Å²) < 4.78 is 14.2. The summed E-state index contributed by atoms with van der Waals surface area (Å²) in [5.74, 6) is 0.202. The van der Waals surface area contributed by atoms with Crippen LogP contribution in [0.25, 0.3) is 6.08 Å². The number of phenolic OH excluding ortho intramolecular Hbond substituents is 1. The van der Waals surface area contributed by atoms with Gasteiger partial charge >= 0.3 is 5.97 Å². The molecule has 0 radical (unpaired) electrons. The molecule has 1 N–H and O–H groups in total. The molecule has 0 fully saturated rings. The summed E-state index contributed by atoms with van der Waals surface area (Å²) in [5, 5.41) is 10.5. The molecule has 3 aromatic rings. The van der Waals surface area contributed by atoms with E-state index in [-0.39, 0.29) is 17.9 Å². The Balaban J connectivity index is 1.92. The zero-order valence-corrected chi connectivity index (χ0v) is 24.0. The van der Waals surface area contributed by atoms with E-state index in [1.807, 2.05) is 34.7 Å². The number of phenols is 1. The number of allylic oxidation sites excluding steroid dienone is 1. The van der Waals surface area contributed by atoms with Crippen LogP contribution in [-0.4, -0.2) is 28.9 Å². The number of carbonyl (C=O) groups excluding carboxylic acids is 1. The van der Waals surface area contributed by atoms with Crippen molar-refractivity contribution < 1.29 is 19.4 Å². The highest BCUT2D eigenvalue weighted by atomic mass is 127. The minimum Gasteiger partial charge on any atom is -0.506 e. The Labute approximate surface area is 233 Å². The molecule has 0 amide bonds. The van der Waals surface area contributed by atoms with Crippen molar-refractivity contribution in [2.24, 2.45) is 4.99 Å². The smallest absolute Gasteiger partial charge is 0.338 e. The van der Waals surface area contributed by atoms with Crippen molar-refractivity contribution in [3.63, 3.8) is 0 Å². The van der Waals surface area contributed by atoms with Gasteiger partial charge in [-0.1, -0.05) is 52.1 Å². The van der Waals surface area contributed by atoms with Crippen LogP contribution in [-0.2, 0) is 9.53 Å². The van der Waals surface area contributed by atoms with Crippen molar-refractivity contribution in [3.8, 4) is 11.5 Å². The number of hydrogen-bond acceptors (Lipinski definition) is 7. The Morgan fingerprint density at radius 1 is 1.33 bits per heavy atom. The van der Waals surface area contributed by atoms with Gasteiger partial charge in [0.25, 0.3) is 5.56 Å². The van der Waals surface area contributed by atoms with Gasteiger partial charge in [0.2, 0.25) is 0 Å². The zero-order valence-electron chi connectivity index (χ0n) is 19.5. The Morgan fingerprint density at radius 3 is 2.72 bits per heavy atom. The average Bonchev–Trinajstić information content (AvgIpc) is 3.14. The van der Waals surface area contributed by atoms with E-state index in [2.05, 4.69) is 27.5 Å². The van der Waals surface area contributed by atoms with Gasteiger partial charge in [-0.25, -0.2) is 9.79 Å². The van der Waals surface area contributed by atoms with Gasteiger partial charge < -0.3 is 14.6 Å². The highest BCUT2D eigenvalue weighted by Gasteiger charge is 2.33. The number of aromatic nitrogens is 1. The van der Waals surface area contributed by atoms with Crippen LogP contribution >= 0.6 is 49.9 Å². The SMILES string of the molecule is C=CCOc1ccc([C@H]2C(C(=O)OCC)=C(C)N=c3s/c(=C\c4cc(Br)cc(I)c4O)c(=O)n32)cc1. The molecule has 7 nitrogen and oxygen atoms in total. The van der Waals surface area contributed by atoms with E-state index < -0.39 is 12.0 Å². The lowest BCUT2D eigenvalue weighted by Gasteiger charge is -2.24. The molecule has 1 atom stereocenters. The second-order valence-electron chi connectivity index (χ2n) is 7.80. The summed E-state index contributed by atoms with van der Waals surface area (Å²) in [5.41, 5.74) is 1.68. The number of fused-ring (bicyclic) bond motifs is 1. The highest BCUT2D eigenvalue weighted by molar-refractivity contribution is 14.1. The molecule has 0 saturated heterocycles. The fourth-order valence-corrected chi connectivity index (χ4v) is 6.43. The topological polar surface area (TPSA) is 90.1 Å². The van der Waals surface area contributed by atoms with E-state index >= 15 is 0 Å². The van der Waals surface area contributed by atoms with Crippen LogP contribution in [0.3, 0.4) is 0 Å². The number of thiazole rings is 1. The number of carbonyl (C=O) groups is 1. The number of esters is 1. The molecule has 0 unspecified atom stereocenters. The average molecular weight is 681 g/mol. The maximum Gasteiger partial charge on any atom is 0.338 e. The monoisotopic (exact) mass is 680 g/mol. The van der Waals surface area contributed by atoms with Crippen molar-refractivity contribution in [3.05, 3.63) is 99.2 Å². The molecule has 2 heterocycles. The molecule has 0 bridgehead atoms. The van der Waals surface area contributed by atoms with E-state index in [1.54, 1.807) is 50.3 Å². The van der Waals surface area contributed by atoms with Crippen LogP contribution in [0.4, 0.5) is 0 Å². The normalized spacial score (nSPS) is 15.3. The minimum absolute atomic E-state index is 0.0830. The van der Waals surface area contributed by atoms with E-state index in [0.29, 0.717) is 47.7 Å². The lowest BCUT2D eigenvalue weighted by Crippen LogP contribution is -2.39. The Kier molecular flexibility index (Phi) is 8.16. The number of rotatable bonds is 7. The maximum absolute atomic E-state index is 13.7. The maximum atomic E-state index is 13.7. The van der Waals surface area contributed by atoms with Crippen molar-refractivity contribution in [1.29, 1.82) is 0 Å². The molecule has 0 saturated carbocycles. The first-order valence-electron chi connectivity index (χ1n) is 11.0. The third-order valence-corrected chi connectivity index (χ3v) is 7.69. The number of nitrogens with zero attached hydrogens (tertiary/aromatic N) is 2. The quantitative estimate of drug-likeness (QED) is 0.227. The zero-order chi connectivity index (χ0) is 26.0. The standard InChI is InChI=1S/C26H22BrIN2O5S/c1-4-10-35-18-8-6-15(7-9-18)22-21(25(33)34-5-2)14(3)29-26-30(22)24(32)20(36-26)12-16-11-17(27)13-19(28)23(16)31/h4,6-9,11-13,22,31H,1,5,10H2,2-3H3/b20-12-/t22-/m0/s1. The van der Waals surface area contributed by atoms with E-state index in [9.17, 15) is 14.7 Å². The molecule has 1 aliphatic heterocycles. The van der Waals surface area contributed by atoms with Crippen LogP contribution in [0.5, 0.6) is 11.5 Å². The molecule has 186 valence electrons. The lowest BCUT2D eigenvalue weighted by molar-refractivity contribution is -0.139. The molecule has 1 aromatic heterocycles. The molecule has 0 aliphatic carbocycles. The van der Waals surface area contributed by atoms with Crippen LogP contribution in [0.1, 0.15) is 31.0 Å². The van der Waals surface area contributed by atoms with Gasteiger partial charge in [0.1, 0.15) is 18.1 Å². The van der Waals surface area contributed by atoms with E-state index in [0.717, 1.165) is 4.47 Å². The Morgan fingerprint density at radius 2 is 2.06 bits per heavy atom. The van der Waals surface area contributed by atoms with Gasteiger partial charge in [-0.05, 0) is 72.3 Å². The molecular formula is C26H22BrIN2O5S. The van der Waals surface area contributed by atoms with Crippen LogP contribution in [0, 0.1) is 3.57 Å². The summed E-state index contributed by atoms with van der Waals surface area (Å²) in [4.78, 5) is 31.7. The third kappa shape index (κ3) is 5.21. The number of aromatic hydroxyl groups is 1. The first kappa shape index (κ1) is 26.4. The van der Waals surface area contributed by atoms with Crippen LogP contribution < -0.4 is 19.6 Å². The summed E-state index contributed by atoms with van der Waals surface area (Å²) in [6.07, 6.45) is 3.29. The van der Waals surface area contributed by atoms with Gasteiger partial charge in [-0.15, -0.1) is 0 Å². The van der Waals surface area contributed by atoms with E-state index in [1.165, 1.54) is 15.9 Å². The largest absolute Gasteiger partial charge is 0.506 e. The first-order valence-corrected chi connectivity index (χ1v) is 13.6. The summed E-state index contributed by atoms with van der Waals surface area (Å²) in [6, 6.07) is 10.0. The predicted octanol–water partition coefficient (Wildman–Crippen LogP) is 4.44. The van der Waals surface area contributed by atoms with Crippen LogP contribution in [0.15, 0.2) is 74.6 Å². The third-order valence-electron chi connectivity index (χ3n) is 5.42. The fraction of sp³-hybridized carbons (Fsp3) is 0.192. The second-order valence-corrected chi connectivity index (χ2v) is 10.9. The Hall–Kier alpha value is -2.70. The van der Waals surface area contributed by atoms with Crippen LogP contribution in [0.2, 0.25) is 0 Å². The van der Waals surface area contributed by atoms with Crippen molar-refractivity contribution in [1.82, 2.24) is 4.57 Å². The number of hydrogen-bond donors (Lipinski definition) is 1.